The molecule has 0 aliphatic rings. The van der Waals surface area contributed by atoms with Crippen LogP contribution in [0.1, 0.15) is 10.5 Å². The Balaban J connectivity index is 2.96. The maximum Gasteiger partial charge on any atom is 0.367 e. The highest BCUT2D eigenvalue weighted by Crippen LogP contribution is 1.99. The topological polar surface area (TPSA) is 74.8 Å². The fraction of sp³-hybridized carbons (Fsp3) is 0.167. The Kier molecular flexibility index (Phi) is 2.00. The zero-order chi connectivity index (χ0) is 8.27. The Labute approximate surface area is 63.1 Å². The molecule has 0 aromatic carbocycles. The zero-order valence-corrected chi connectivity index (χ0v) is 5.87. The third-order valence-corrected chi connectivity index (χ3v) is 1.09. The van der Waals surface area contributed by atoms with Gasteiger partial charge in [0, 0.05) is 13.2 Å². The number of hydrogen-bond donors (Lipinski definition) is 1. The summed E-state index contributed by atoms with van der Waals surface area (Å²) in [5.41, 5.74) is 0.0903. The highest BCUT2D eigenvalue weighted by atomic mass is 16.3. The average Bonchev–Trinajstić information content (AvgIpc) is 2.03. The zero-order valence-electron chi connectivity index (χ0n) is 5.87. The van der Waals surface area contributed by atoms with Crippen LogP contribution in [0.4, 0.5) is 0 Å². The van der Waals surface area contributed by atoms with E-state index in [-0.39, 0.29) is 11.6 Å². The quantitative estimate of drug-likeness (QED) is 0.614. The van der Waals surface area contributed by atoms with E-state index in [9.17, 15) is 9.90 Å². The summed E-state index contributed by atoms with van der Waals surface area (Å²) in [6, 6.07) is 0.728. The van der Waals surface area contributed by atoms with Crippen LogP contribution in [0.15, 0.2) is 12.3 Å². The maximum absolute atomic E-state index is 10.8. The summed E-state index contributed by atoms with van der Waals surface area (Å²) in [4.78, 5) is 17.5. The van der Waals surface area contributed by atoms with Crippen molar-refractivity contribution < 1.29 is 9.90 Å². The fourth-order valence-electron chi connectivity index (χ4n) is 0.595. The van der Waals surface area contributed by atoms with Gasteiger partial charge in [0.2, 0.25) is 0 Å². The van der Waals surface area contributed by atoms with Crippen molar-refractivity contribution in [3.63, 3.8) is 0 Å². The first kappa shape index (κ1) is 7.46. The van der Waals surface area contributed by atoms with Crippen molar-refractivity contribution in [3.05, 3.63) is 18.0 Å². The molecule has 1 amide bonds. The van der Waals surface area contributed by atoms with E-state index in [1.54, 1.807) is 0 Å². The number of amides is 1. The van der Waals surface area contributed by atoms with Gasteiger partial charge in [0.15, 0.2) is 0 Å². The third-order valence-electron chi connectivity index (χ3n) is 1.09. The van der Waals surface area contributed by atoms with Gasteiger partial charge in [-0.1, -0.05) is 0 Å². The Morgan fingerprint density at radius 1 is 1.64 bits per heavy atom. The van der Waals surface area contributed by atoms with E-state index in [1.165, 1.54) is 19.3 Å². The normalized spacial score (nSPS) is 9.18. The van der Waals surface area contributed by atoms with Gasteiger partial charge in [-0.05, 0) is 6.07 Å². The molecule has 0 saturated carbocycles. The van der Waals surface area contributed by atoms with Crippen molar-refractivity contribution in [1.82, 2.24) is 15.3 Å². The van der Waals surface area contributed by atoms with E-state index < -0.39 is 6.01 Å². The molecule has 0 unspecified atom stereocenters. The standard InChI is InChI=1S/C6H6N3O2/c1-7-5(10)4-2-3-8-6(11)9-4/h2-3H,1H3,(H,7,10). The number of carbonyl (C=O) groups is 1. The van der Waals surface area contributed by atoms with Crippen molar-refractivity contribution >= 4 is 5.91 Å². The molecule has 5 heteroatoms. The molecule has 0 atom stereocenters. The van der Waals surface area contributed by atoms with Crippen molar-refractivity contribution in [2.45, 2.75) is 0 Å². The molecular weight excluding hydrogens is 146 g/mol. The van der Waals surface area contributed by atoms with Crippen LogP contribution >= 0.6 is 0 Å². The summed E-state index contributed by atoms with van der Waals surface area (Å²) in [6.07, 6.45) is 1.25. The predicted molar refractivity (Wildman–Crippen MR) is 35.6 cm³/mol. The fourth-order valence-corrected chi connectivity index (χ4v) is 0.595. The van der Waals surface area contributed by atoms with Crippen LogP contribution in [0.5, 0.6) is 6.01 Å². The van der Waals surface area contributed by atoms with Crippen LogP contribution in [0.3, 0.4) is 0 Å². The monoisotopic (exact) mass is 152 g/mol. The van der Waals surface area contributed by atoms with Crippen LogP contribution in [-0.4, -0.2) is 22.9 Å². The molecular formula is C6H6N3O2. The molecule has 0 bridgehead atoms. The van der Waals surface area contributed by atoms with Gasteiger partial charge >= 0.3 is 6.01 Å². The Morgan fingerprint density at radius 3 is 2.91 bits per heavy atom. The van der Waals surface area contributed by atoms with Crippen molar-refractivity contribution in [3.8, 4) is 6.01 Å². The molecule has 0 fully saturated rings. The van der Waals surface area contributed by atoms with Gasteiger partial charge in [-0.3, -0.25) is 4.79 Å². The lowest BCUT2D eigenvalue weighted by molar-refractivity contribution is 0.0956. The van der Waals surface area contributed by atoms with Gasteiger partial charge in [-0.15, -0.1) is 0 Å². The summed E-state index contributed by atoms with van der Waals surface area (Å²) < 4.78 is 0. The number of nitrogens with one attached hydrogen (secondary N) is 1. The molecule has 0 aliphatic carbocycles. The number of carbonyl (C=O) groups excluding carboxylic acids is 1. The van der Waals surface area contributed by atoms with E-state index in [2.05, 4.69) is 15.3 Å². The van der Waals surface area contributed by atoms with E-state index in [0.29, 0.717) is 0 Å². The largest absolute Gasteiger partial charge is 0.367 e. The molecule has 0 spiro atoms. The first-order valence-electron chi connectivity index (χ1n) is 2.96. The molecule has 0 saturated heterocycles. The number of nitrogens with zero attached hydrogens (tertiary/aromatic N) is 2. The molecule has 0 aliphatic heterocycles. The lowest BCUT2D eigenvalue weighted by Gasteiger charge is -1.95. The molecule has 1 N–H and O–H groups in total. The molecule has 1 radical (unpaired) electrons. The smallest absolute Gasteiger partial charge is 0.354 e. The lowest BCUT2D eigenvalue weighted by atomic mass is 10.4. The third kappa shape index (κ3) is 1.64. The maximum atomic E-state index is 10.8. The summed E-state index contributed by atoms with van der Waals surface area (Å²) in [7, 11) is 1.47. The molecule has 5 nitrogen and oxygen atoms in total. The minimum absolute atomic E-state index is 0.0903. The summed E-state index contributed by atoms with van der Waals surface area (Å²) in [5, 5.41) is 12.8. The van der Waals surface area contributed by atoms with Gasteiger partial charge in [0.25, 0.3) is 5.91 Å². The Hall–Kier alpha value is -1.65. The van der Waals surface area contributed by atoms with Crippen molar-refractivity contribution in [1.29, 1.82) is 0 Å². The second-order valence-electron chi connectivity index (χ2n) is 1.80. The minimum atomic E-state index is -0.647. The number of hydrogen-bond acceptors (Lipinski definition) is 3. The summed E-state index contributed by atoms with van der Waals surface area (Å²) in [6.45, 7) is 0. The molecule has 1 rings (SSSR count). The highest BCUT2D eigenvalue weighted by molar-refractivity contribution is 5.91. The summed E-state index contributed by atoms with van der Waals surface area (Å²) in [5.74, 6) is -0.385. The van der Waals surface area contributed by atoms with Crippen LogP contribution in [-0.2, 0) is 5.11 Å². The Morgan fingerprint density at radius 2 is 2.36 bits per heavy atom. The first-order chi connectivity index (χ1) is 5.24. The van der Waals surface area contributed by atoms with Crippen molar-refractivity contribution in [2.75, 3.05) is 7.05 Å². The van der Waals surface area contributed by atoms with Crippen molar-refractivity contribution in [2.24, 2.45) is 0 Å². The molecule has 1 heterocycles. The van der Waals surface area contributed by atoms with Crippen LogP contribution < -0.4 is 5.32 Å². The van der Waals surface area contributed by atoms with Gasteiger partial charge in [0.05, 0.1) is 0 Å². The number of aromatic nitrogens is 2. The van der Waals surface area contributed by atoms with Gasteiger partial charge in [-0.2, -0.15) is 4.98 Å². The van der Waals surface area contributed by atoms with Gasteiger partial charge < -0.3 is 5.32 Å². The first-order valence-corrected chi connectivity index (χ1v) is 2.96. The summed E-state index contributed by atoms with van der Waals surface area (Å²) >= 11 is 0. The van der Waals surface area contributed by atoms with Crippen LogP contribution in [0, 0.1) is 0 Å². The second kappa shape index (κ2) is 2.96. The second-order valence-corrected chi connectivity index (χ2v) is 1.80. The van der Waals surface area contributed by atoms with E-state index in [1.807, 2.05) is 0 Å². The average molecular weight is 152 g/mol. The van der Waals surface area contributed by atoms with E-state index in [0.717, 1.165) is 0 Å². The lowest BCUT2D eigenvalue weighted by Crippen LogP contribution is -2.19. The van der Waals surface area contributed by atoms with Gasteiger partial charge in [-0.25, -0.2) is 10.1 Å². The van der Waals surface area contributed by atoms with Gasteiger partial charge in [0.1, 0.15) is 5.69 Å². The van der Waals surface area contributed by atoms with Crippen LogP contribution in [0.2, 0.25) is 0 Å². The Bertz CT molecular complexity index is 274. The van der Waals surface area contributed by atoms with Crippen LogP contribution in [0.25, 0.3) is 0 Å². The molecule has 11 heavy (non-hydrogen) atoms. The predicted octanol–water partition coefficient (Wildman–Crippen LogP) is -0.0200. The molecule has 1 aromatic heterocycles. The van der Waals surface area contributed by atoms with E-state index >= 15 is 0 Å². The highest BCUT2D eigenvalue weighted by Gasteiger charge is 2.05. The molecule has 57 valence electrons. The minimum Gasteiger partial charge on any atom is -0.354 e. The number of rotatable bonds is 1. The molecule has 1 aromatic rings. The van der Waals surface area contributed by atoms with E-state index in [4.69, 9.17) is 0 Å². The SMILES string of the molecule is CNC(=O)c1ccnc([O])n1.